The van der Waals surface area contributed by atoms with Gasteiger partial charge in [-0.15, -0.1) is 0 Å². The summed E-state index contributed by atoms with van der Waals surface area (Å²) in [7, 11) is 0. The molecule has 0 aliphatic heterocycles. The Balaban J connectivity index is 2.83. The molecule has 104 valence electrons. The van der Waals surface area contributed by atoms with Gasteiger partial charge in [0.15, 0.2) is 0 Å². The maximum absolute atomic E-state index is 11.5. The number of para-hydroxylation sites is 1. The van der Waals surface area contributed by atoms with Crippen molar-refractivity contribution < 1.29 is 14.7 Å². The van der Waals surface area contributed by atoms with Crippen molar-refractivity contribution in [3.63, 3.8) is 0 Å². The normalized spacial score (nSPS) is 10.6. The summed E-state index contributed by atoms with van der Waals surface area (Å²) >= 11 is 11.8. The monoisotopic (exact) mass is 313 g/mol. The second-order valence-corrected chi connectivity index (χ2v) is 4.30. The van der Waals surface area contributed by atoms with Crippen molar-refractivity contribution in [2.24, 2.45) is 0 Å². The second kappa shape index (κ2) is 7.38. The average molecular weight is 314 g/mol. The van der Waals surface area contributed by atoms with Crippen LogP contribution in [0.25, 0.3) is 0 Å². The minimum atomic E-state index is -1.21. The highest BCUT2D eigenvalue weighted by atomic mass is 35.5. The highest BCUT2D eigenvalue weighted by Gasteiger charge is 2.11. The molecule has 0 bridgehead atoms. The average Bonchev–Trinajstić information content (AvgIpc) is 2.39. The van der Waals surface area contributed by atoms with Crippen LogP contribution >= 0.6 is 23.2 Å². The van der Waals surface area contributed by atoms with E-state index in [1.54, 1.807) is 24.3 Å². The van der Waals surface area contributed by atoms with E-state index in [4.69, 9.17) is 33.6 Å². The third kappa shape index (κ3) is 4.46. The molecule has 0 radical (unpaired) electrons. The first-order valence-corrected chi connectivity index (χ1v) is 6.02. The largest absolute Gasteiger partial charge is 0.480 e. The van der Waals surface area contributed by atoms with Crippen molar-refractivity contribution in [1.29, 1.82) is 5.26 Å². The summed E-state index contributed by atoms with van der Waals surface area (Å²) in [5.74, 6) is -2.02. The van der Waals surface area contributed by atoms with Crippen LogP contribution in [0.2, 0.25) is 10.0 Å². The minimum Gasteiger partial charge on any atom is -0.480 e. The number of halogens is 2. The molecule has 0 spiro atoms. The summed E-state index contributed by atoms with van der Waals surface area (Å²) in [5.41, 5.74) is 0.0388. The molecule has 0 atom stereocenters. The van der Waals surface area contributed by atoms with Crippen molar-refractivity contribution >= 4 is 40.8 Å². The van der Waals surface area contributed by atoms with Crippen molar-refractivity contribution in [3.05, 3.63) is 40.0 Å². The second-order valence-electron chi connectivity index (χ2n) is 3.49. The molecule has 1 amide bonds. The number of aliphatic carboxylic acids is 1. The number of carbonyl (C=O) groups excluding carboxylic acids is 1. The summed E-state index contributed by atoms with van der Waals surface area (Å²) in [4.78, 5) is 21.8. The molecule has 6 nitrogen and oxygen atoms in total. The Hall–Kier alpha value is -2.23. The van der Waals surface area contributed by atoms with Crippen LogP contribution < -0.4 is 10.6 Å². The first kappa shape index (κ1) is 15.8. The van der Waals surface area contributed by atoms with Crippen LogP contribution in [0.5, 0.6) is 0 Å². The number of rotatable bonds is 5. The summed E-state index contributed by atoms with van der Waals surface area (Å²) in [6, 6.07) is 6.45. The van der Waals surface area contributed by atoms with Crippen LogP contribution in [0, 0.1) is 11.3 Å². The predicted octanol–water partition coefficient (Wildman–Crippen LogP) is 2.01. The standard InChI is InChI=1S/C12H9Cl2N3O3/c13-8-2-1-3-9(14)11(8)16-5-7(4-15)12(20)17-6-10(18)19/h1-3,5,16H,6H2,(H,17,20)(H,18,19)/b7-5-. The van der Waals surface area contributed by atoms with Crippen LogP contribution in [0.3, 0.4) is 0 Å². The van der Waals surface area contributed by atoms with Crippen molar-refractivity contribution in [2.75, 3.05) is 11.9 Å². The third-order valence-electron chi connectivity index (χ3n) is 2.09. The van der Waals surface area contributed by atoms with Crippen LogP contribution in [0.15, 0.2) is 30.0 Å². The zero-order valence-corrected chi connectivity index (χ0v) is 11.5. The number of nitrogens with one attached hydrogen (secondary N) is 2. The zero-order chi connectivity index (χ0) is 15.1. The Bertz CT molecular complexity index is 588. The molecule has 1 aromatic carbocycles. The van der Waals surface area contributed by atoms with Crippen LogP contribution in [0.4, 0.5) is 5.69 Å². The number of carbonyl (C=O) groups is 2. The lowest BCUT2D eigenvalue weighted by molar-refractivity contribution is -0.137. The van der Waals surface area contributed by atoms with E-state index in [-0.39, 0.29) is 5.57 Å². The summed E-state index contributed by atoms with van der Waals surface area (Å²) in [5, 5.41) is 22.6. The number of nitrogens with zero attached hydrogens (tertiary/aromatic N) is 1. The zero-order valence-electron chi connectivity index (χ0n) is 9.98. The molecule has 0 saturated carbocycles. The fourth-order valence-corrected chi connectivity index (χ4v) is 1.69. The van der Waals surface area contributed by atoms with Crippen LogP contribution in [-0.4, -0.2) is 23.5 Å². The van der Waals surface area contributed by atoms with Gasteiger partial charge in [0, 0.05) is 6.20 Å². The van der Waals surface area contributed by atoms with Gasteiger partial charge in [-0.25, -0.2) is 0 Å². The minimum absolute atomic E-state index is 0.303. The van der Waals surface area contributed by atoms with Gasteiger partial charge in [-0.2, -0.15) is 5.26 Å². The maximum atomic E-state index is 11.5. The van der Waals surface area contributed by atoms with E-state index in [1.165, 1.54) is 0 Å². The molecule has 0 heterocycles. The first-order chi connectivity index (χ1) is 9.45. The lowest BCUT2D eigenvalue weighted by atomic mass is 10.2. The van der Waals surface area contributed by atoms with E-state index in [2.05, 4.69) is 10.6 Å². The van der Waals surface area contributed by atoms with Crippen molar-refractivity contribution in [2.45, 2.75) is 0 Å². The molecule has 8 heteroatoms. The lowest BCUT2D eigenvalue weighted by Crippen LogP contribution is -2.30. The van der Waals surface area contributed by atoms with Gasteiger partial charge in [0.05, 0.1) is 15.7 Å². The smallest absolute Gasteiger partial charge is 0.322 e. The third-order valence-corrected chi connectivity index (χ3v) is 2.72. The summed E-state index contributed by atoms with van der Waals surface area (Å²) < 4.78 is 0. The van der Waals surface area contributed by atoms with Gasteiger partial charge in [0.25, 0.3) is 5.91 Å². The van der Waals surface area contributed by atoms with E-state index in [0.29, 0.717) is 15.7 Å². The molecule has 0 saturated heterocycles. The van der Waals surface area contributed by atoms with E-state index >= 15 is 0 Å². The molecule has 0 fully saturated rings. The Morgan fingerprint density at radius 1 is 1.35 bits per heavy atom. The Kier molecular flexibility index (Phi) is 5.84. The number of carboxylic acids is 1. The number of hydrogen-bond donors (Lipinski definition) is 3. The van der Waals surface area contributed by atoms with Crippen LogP contribution in [-0.2, 0) is 9.59 Å². The van der Waals surface area contributed by atoms with Gasteiger partial charge in [0.1, 0.15) is 18.2 Å². The van der Waals surface area contributed by atoms with Gasteiger partial charge in [-0.1, -0.05) is 29.3 Å². The number of nitriles is 1. The van der Waals surface area contributed by atoms with Gasteiger partial charge < -0.3 is 15.7 Å². The van der Waals surface area contributed by atoms with Crippen molar-refractivity contribution in [3.8, 4) is 6.07 Å². The number of benzene rings is 1. The van der Waals surface area contributed by atoms with Gasteiger partial charge in [0.2, 0.25) is 0 Å². The molecule has 1 aromatic rings. The SMILES string of the molecule is N#C/C(=C/Nc1c(Cl)cccc1Cl)C(=O)NCC(=O)O. The van der Waals surface area contributed by atoms with E-state index < -0.39 is 18.4 Å². The van der Waals surface area contributed by atoms with Gasteiger partial charge in [-0.05, 0) is 12.1 Å². The molecular weight excluding hydrogens is 305 g/mol. The number of hydrogen-bond acceptors (Lipinski definition) is 4. The Morgan fingerprint density at radius 2 is 1.95 bits per heavy atom. The molecule has 1 rings (SSSR count). The van der Waals surface area contributed by atoms with Gasteiger partial charge in [-0.3, -0.25) is 9.59 Å². The number of amides is 1. The number of anilines is 1. The van der Waals surface area contributed by atoms with E-state index in [1.807, 2.05) is 0 Å². The molecule has 20 heavy (non-hydrogen) atoms. The van der Waals surface area contributed by atoms with Crippen LogP contribution in [0.1, 0.15) is 0 Å². The number of carboxylic acid groups (broad SMARTS) is 1. The van der Waals surface area contributed by atoms with Crippen molar-refractivity contribution in [1.82, 2.24) is 5.32 Å². The molecule has 0 aromatic heterocycles. The molecule has 3 N–H and O–H groups in total. The Morgan fingerprint density at radius 3 is 2.45 bits per heavy atom. The topological polar surface area (TPSA) is 102 Å². The quantitative estimate of drug-likeness (QED) is 0.570. The lowest BCUT2D eigenvalue weighted by Gasteiger charge is -2.07. The Labute approximate surface area is 124 Å². The molecule has 0 aliphatic carbocycles. The fourth-order valence-electron chi connectivity index (χ4n) is 1.18. The highest BCUT2D eigenvalue weighted by molar-refractivity contribution is 6.39. The molecule has 0 unspecified atom stereocenters. The predicted molar refractivity (Wildman–Crippen MR) is 74.4 cm³/mol. The fraction of sp³-hybridized carbons (Fsp3) is 0.0833. The molecular formula is C12H9Cl2N3O3. The van der Waals surface area contributed by atoms with E-state index in [0.717, 1.165) is 6.20 Å². The summed E-state index contributed by atoms with van der Waals surface area (Å²) in [6.07, 6.45) is 1.10. The first-order valence-electron chi connectivity index (χ1n) is 5.26. The highest BCUT2D eigenvalue weighted by Crippen LogP contribution is 2.29. The van der Waals surface area contributed by atoms with Gasteiger partial charge >= 0.3 is 5.97 Å². The summed E-state index contributed by atoms with van der Waals surface area (Å²) in [6.45, 7) is -0.579. The maximum Gasteiger partial charge on any atom is 0.322 e. The molecule has 0 aliphatic rings. The van der Waals surface area contributed by atoms with E-state index in [9.17, 15) is 9.59 Å².